The average molecular weight is 225 g/mol. The molecule has 1 aromatic heterocycles. The number of aromatic nitrogens is 2. The summed E-state index contributed by atoms with van der Waals surface area (Å²) in [6.07, 6.45) is 2.64. The Morgan fingerprint density at radius 3 is 3.12 bits per heavy atom. The number of hydrogen-bond acceptors (Lipinski definition) is 4. The maximum atomic E-state index is 11.8. The molecule has 1 aromatic rings. The van der Waals surface area contributed by atoms with Crippen molar-refractivity contribution in [2.75, 3.05) is 26.8 Å². The predicted molar refractivity (Wildman–Crippen MR) is 61.6 cm³/mol. The van der Waals surface area contributed by atoms with Crippen LogP contribution in [0.2, 0.25) is 0 Å². The van der Waals surface area contributed by atoms with Crippen molar-refractivity contribution < 1.29 is 9.53 Å². The lowest BCUT2D eigenvalue weighted by atomic mass is 10.2. The third-order valence-corrected chi connectivity index (χ3v) is 2.21. The Balaban J connectivity index is 2.42. The molecule has 0 aliphatic rings. The van der Waals surface area contributed by atoms with Crippen LogP contribution < -0.4 is 5.32 Å². The van der Waals surface area contributed by atoms with Gasteiger partial charge in [0.25, 0.3) is 0 Å². The number of carbonyl (C=O) groups excluding carboxylic acids is 1. The summed E-state index contributed by atoms with van der Waals surface area (Å²) in [5.41, 5.74) is 0.673. The van der Waals surface area contributed by atoms with Gasteiger partial charge in [-0.3, -0.25) is 9.48 Å². The van der Waals surface area contributed by atoms with E-state index < -0.39 is 0 Å². The molecule has 0 bridgehead atoms. The molecule has 0 aliphatic carbocycles. The first-order valence-electron chi connectivity index (χ1n) is 5.54. The molecule has 0 saturated carbocycles. The average Bonchev–Trinajstić information content (AvgIpc) is 2.73. The van der Waals surface area contributed by atoms with Gasteiger partial charge in [-0.1, -0.05) is 6.92 Å². The molecule has 0 unspecified atom stereocenters. The number of ether oxygens (including phenoxy) is 1. The Morgan fingerprint density at radius 1 is 1.62 bits per heavy atom. The third kappa shape index (κ3) is 3.75. The van der Waals surface area contributed by atoms with Crippen molar-refractivity contribution in [3.63, 3.8) is 0 Å². The fraction of sp³-hybridized carbons (Fsp3) is 0.636. The maximum absolute atomic E-state index is 11.8. The second-order valence-corrected chi connectivity index (χ2v) is 3.53. The lowest BCUT2D eigenvalue weighted by Gasteiger charge is -2.06. The molecule has 0 radical (unpaired) electrons. The second-order valence-electron chi connectivity index (χ2n) is 3.53. The highest BCUT2D eigenvalue weighted by molar-refractivity contribution is 5.96. The van der Waals surface area contributed by atoms with E-state index in [1.54, 1.807) is 24.1 Å². The molecular weight excluding hydrogens is 206 g/mol. The van der Waals surface area contributed by atoms with Gasteiger partial charge in [-0.2, -0.15) is 5.10 Å². The first-order chi connectivity index (χ1) is 7.79. The zero-order valence-electron chi connectivity index (χ0n) is 9.90. The highest BCUT2D eigenvalue weighted by Crippen LogP contribution is 2.00. The number of aryl methyl sites for hydroxylation is 1. The predicted octanol–water partition coefficient (Wildman–Crippen LogP) is 0.712. The van der Waals surface area contributed by atoms with E-state index in [9.17, 15) is 4.79 Å². The summed E-state index contributed by atoms with van der Waals surface area (Å²) in [5, 5.41) is 7.14. The minimum Gasteiger partial charge on any atom is -0.383 e. The van der Waals surface area contributed by atoms with E-state index in [1.807, 2.05) is 0 Å². The molecule has 0 spiro atoms. The minimum absolute atomic E-state index is 0.0713. The Labute approximate surface area is 95.8 Å². The van der Waals surface area contributed by atoms with Gasteiger partial charge in [0.05, 0.1) is 13.2 Å². The molecule has 5 heteroatoms. The molecule has 0 aromatic carbocycles. The normalized spacial score (nSPS) is 10.6. The Hall–Kier alpha value is -1.20. The highest BCUT2D eigenvalue weighted by Gasteiger charge is 2.10. The van der Waals surface area contributed by atoms with E-state index in [0.29, 0.717) is 25.4 Å². The van der Waals surface area contributed by atoms with Crippen LogP contribution in [-0.2, 0) is 11.3 Å². The molecule has 0 aliphatic heterocycles. The van der Waals surface area contributed by atoms with E-state index in [-0.39, 0.29) is 5.78 Å². The van der Waals surface area contributed by atoms with Gasteiger partial charge in [-0.05, 0) is 12.5 Å². The molecule has 16 heavy (non-hydrogen) atoms. The van der Waals surface area contributed by atoms with Gasteiger partial charge in [-0.15, -0.1) is 0 Å². The molecule has 0 saturated heterocycles. The zero-order valence-corrected chi connectivity index (χ0v) is 9.90. The van der Waals surface area contributed by atoms with Crippen molar-refractivity contribution in [2.45, 2.75) is 19.9 Å². The fourth-order valence-corrected chi connectivity index (χ4v) is 1.43. The van der Waals surface area contributed by atoms with Crippen molar-refractivity contribution in [3.05, 3.63) is 18.0 Å². The summed E-state index contributed by atoms with van der Waals surface area (Å²) in [4.78, 5) is 11.8. The van der Waals surface area contributed by atoms with Gasteiger partial charge < -0.3 is 10.1 Å². The van der Waals surface area contributed by atoms with Crippen molar-refractivity contribution in [1.82, 2.24) is 15.1 Å². The number of nitrogens with zero attached hydrogens (tertiary/aromatic N) is 2. The van der Waals surface area contributed by atoms with E-state index in [1.165, 1.54) is 0 Å². The summed E-state index contributed by atoms with van der Waals surface area (Å²) in [5.74, 6) is 0.0713. The summed E-state index contributed by atoms with van der Waals surface area (Å²) in [7, 11) is 1.64. The Morgan fingerprint density at radius 2 is 2.44 bits per heavy atom. The van der Waals surface area contributed by atoms with Crippen LogP contribution in [0, 0.1) is 0 Å². The van der Waals surface area contributed by atoms with E-state index in [0.717, 1.165) is 13.0 Å². The standard InChI is InChI=1S/C11H19N3O2/c1-3-7-14-10(4-5-13-14)11(15)9-12-6-8-16-2/h4-5,12H,3,6-9H2,1-2H3. The van der Waals surface area contributed by atoms with Gasteiger partial charge in [-0.25, -0.2) is 0 Å². The first kappa shape index (κ1) is 12.9. The molecule has 5 nitrogen and oxygen atoms in total. The highest BCUT2D eigenvalue weighted by atomic mass is 16.5. The lowest BCUT2D eigenvalue weighted by Crippen LogP contribution is -2.27. The van der Waals surface area contributed by atoms with Crippen LogP contribution in [0.15, 0.2) is 12.3 Å². The van der Waals surface area contributed by atoms with Crippen LogP contribution in [0.1, 0.15) is 23.8 Å². The minimum atomic E-state index is 0.0713. The quantitative estimate of drug-likeness (QED) is 0.523. The molecule has 1 heterocycles. The van der Waals surface area contributed by atoms with Crippen LogP contribution >= 0.6 is 0 Å². The SMILES string of the molecule is CCCn1nccc1C(=O)CNCCOC. The number of methoxy groups -OCH3 is 1. The van der Waals surface area contributed by atoms with E-state index >= 15 is 0 Å². The van der Waals surface area contributed by atoms with Gasteiger partial charge in [0.15, 0.2) is 5.78 Å². The molecule has 90 valence electrons. The van der Waals surface area contributed by atoms with Crippen molar-refractivity contribution in [3.8, 4) is 0 Å². The van der Waals surface area contributed by atoms with E-state index in [2.05, 4.69) is 17.3 Å². The maximum Gasteiger partial charge on any atom is 0.194 e. The largest absolute Gasteiger partial charge is 0.383 e. The van der Waals surface area contributed by atoms with Crippen LogP contribution in [0.25, 0.3) is 0 Å². The number of carbonyl (C=O) groups is 1. The van der Waals surface area contributed by atoms with Gasteiger partial charge in [0, 0.05) is 26.4 Å². The molecule has 1 N–H and O–H groups in total. The number of nitrogens with one attached hydrogen (secondary N) is 1. The lowest BCUT2D eigenvalue weighted by molar-refractivity contribution is 0.0977. The topological polar surface area (TPSA) is 56.2 Å². The summed E-state index contributed by atoms with van der Waals surface area (Å²) in [6, 6.07) is 1.76. The van der Waals surface area contributed by atoms with Crippen LogP contribution in [0.5, 0.6) is 0 Å². The first-order valence-corrected chi connectivity index (χ1v) is 5.54. The number of hydrogen-bond donors (Lipinski definition) is 1. The van der Waals surface area contributed by atoms with Gasteiger partial charge in [0.2, 0.25) is 0 Å². The zero-order chi connectivity index (χ0) is 11.8. The van der Waals surface area contributed by atoms with Crippen molar-refractivity contribution in [2.24, 2.45) is 0 Å². The van der Waals surface area contributed by atoms with Gasteiger partial charge in [0.1, 0.15) is 5.69 Å². The summed E-state index contributed by atoms with van der Waals surface area (Å²) < 4.78 is 6.64. The second kappa shape index (κ2) is 7.14. The molecule has 0 amide bonds. The number of Topliss-reactive ketones (excluding diaryl/α,β-unsaturated/α-hetero) is 1. The van der Waals surface area contributed by atoms with E-state index in [4.69, 9.17) is 4.74 Å². The summed E-state index contributed by atoms with van der Waals surface area (Å²) >= 11 is 0. The van der Waals surface area contributed by atoms with Crippen LogP contribution in [0.3, 0.4) is 0 Å². The van der Waals surface area contributed by atoms with Crippen LogP contribution in [-0.4, -0.2) is 42.4 Å². The van der Waals surface area contributed by atoms with Crippen molar-refractivity contribution in [1.29, 1.82) is 0 Å². The monoisotopic (exact) mass is 225 g/mol. The molecule has 0 atom stereocenters. The fourth-order valence-electron chi connectivity index (χ4n) is 1.43. The molecular formula is C11H19N3O2. The Bertz CT molecular complexity index is 323. The van der Waals surface area contributed by atoms with Crippen LogP contribution in [0.4, 0.5) is 0 Å². The molecule has 0 fully saturated rings. The Kier molecular flexibility index (Phi) is 5.74. The third-order valence-electron chi connectivity index (χ3n) is 2.21. The smallest absolute Gasteiger partial charge is 0.194 e. The summed E-state index contributed by atoms with van der Waals surface area (Å²) in [6.45, 7) is 4.48. The number of rotatable bonds is 8. The van der Waals surface area contributed by atoms with Gasteiger partial charge >= 0.3 is 0 Å². The molecule has 1 rings (SSSR count). The number of ketones is 1. The van der Waals surface area contributed by atoms with Crippen molar-refractivity contribution >= 4 is 5.78 Å².